The van der Waals surface area contributed by atoms with Crippen LogP contribution in [0.2, 0.25) is 0 Å². The lowest BCUT2D eigenvalue weighted by molar-refractivity contribution is -0.367. The molecule has 3 heteroatoms. The first-order chi connectivity index (χ1) is 8.88. The molecule has 0 spiro atoms. The van der Waals surface area contributed by atoms with Crippen molar-refractivity contribution in [3.63, 3.8) is 0 Å². The summed E-state index contributed by atoms with van der Waals surface area (Å²) in [5.41, 5.74) is 1.17. The average molecular weight is 266 g/mol. The van der Waals surface area contributed by atoms with Gasteiger partial charge in [-0.2, -0.15) is 4.89 Å². The summed E-state index contributed by atoms with van der Waals surface area (Å²) in [6.45, 7) is 10.6. The molecule has 0 N–H and O–H groups in total. The zero-order valence-electron chi connectivity index (χ0n) is 12.9. The zero-order chi connectivity index (χ0) is 14.5. The molecule has 0 fully saturated rings. The maximum atomic E-state index is 5.84. The lowest BCUT2D eigenvalue weighted by Crippen LogP contribution is -2.34. The maximum absolute atomic E-state index is 5.84. The molecular formula is C16H26O3. The van der Waals surface area contributed by atoms with Crippen molar-refractivity contribution in [2.24, 2.45) is 5.41 Å². The Hall–Kier alpha value is -1.06. The van der Waals surface area contributed by atoms with E-state index in [1.165, 1.54) is 12.7 Å². The summed E-state index contributed by atoms with van der Waals surface area (Å²) in [5.74, 6) is 1.37. The molecule has 3 nitrogen and oxygen atoms in total. The summed E-state index contributed by atoms with van der Waals surface area (Å²) in [6, 6.07) is 8.19. The van der Waals surface area contributed by atoms with Gasteiger partial charge in [0, 0.05) is 5.41 Å². The minimum atomic E-state index is -0.438. The van der Waals surface area contributed by atoms with Crippen molar-refractivity contribution in [2.75, 3.05) is 7.11 Å². The van der Waals surface area contributed by atoms with E-state index in [-0.39, 0.29) is 5.41 Å². The molecule has 0 aliphatic rings. The Morgan fingerprint density at radius 2 is 1.68 bits per heavy atom. The van der Waals surface area contributed by atoms with Crippen LogP contribution < -0.4 is 4.74 Å². The minimum absolute atomic E-state index is 0.161. The van der Waals surface area contributed by atoms with E-state index in [9.17, 15) is 0 Å². The second-order valence-corrected chi connectivity index (χ2v) is 5.96. The van der Waals surface area contributed by atoms with Crippen molar-refractivity contribution >= 4 is 0 Å². The number of hydrogen-bond donors (Lipinski definition) is 0. The van der Waals surface area contributed by atoms with E-state index in [2.05, 4.69) is 26.0 Å². The number of ether oxygens (including phenoxy) is 1. The number of rotatable bonds is 6. The highest BCUT2D eigenvalue weighted by atomic mass is 17.2. The van der Waals surface area contributed by atoms with Gasteiger partial charge in [-0.1, -0.05) is 46.8 Å². The fourth-order valence-electron chi connectivity index (χ4n) is 1.66. The highest BCUT2D eigenvalue weighted by Gasteiger charge is 2.28. The van der Waals surface area contributed by atoms with Gasteiger partial charge < -0.3 is 4.74 Å². The zero-order valence-corrected chi connectivity index (χ0v) is 12.9. The molecule has 0 aromatic heterocycles. The predicted molar refractivity (Wildman–Crippen MR) is 77.1 cm³/mol. The van der Waals surface area contributed by atoms with Crippen molar-refractivity contribution in [3.8, 4) is 5.75 Å². The smallest absolute Gasteiger partial charge is 0.235 e. The highest BCUT2D eigenvalue weighted by molar-refractivity contribution is 5.29. The molecule has 0 radical (unpaired) electrons. The number of hydrogen-bond acceptors (Lipinski definition) is 3. The van der Waals surface area contributed by atoms with Crippen molar-refractivity contribution in [1.82, 2.24) is 0 Å². The van der Waals surface area contributed by atoms with Crippen LogP contribution >= 0.6 is 0 Å². The van der Waals surface area contributed by atoms with Gasteiger partial charge in [0.25, 0.3) is 0 Å². The van der Waals surface area contributed by atoms with E-state index in [1.807, 2.05) is 32.9 Å². The maximum Gasteiger partial charge on any atom is 0.235 e. The number of benzene rings is 1. The highest BCUT2D eigenvalue weighted by Crippen LogP contribution is 2.27. The van der Waals surface area contributed by atoms with Gasteiger partial charge in [-0.05, 0) is 30.0 Å². The molecule has 1 aromatic rings. The third kappa shape index (κ3) is 4.84. The summed E-state index contributed by atoms with van der Waals surface area (Å²) in [5, 5.41) is 0. The molecular weight excluding hydrogens is 240 g/mol. The third-order valence-electron chi connectivity index (χ3n) is 3.20. The average Bonchev–Trinajstić information content (AvgIpc) is 2.37. The van der Waals surface area contributed by atoms with Gasteiger partial charge in [0.2, 0.25) is 6.29 Å². The first kappa shape index (κ1) is 16.0. The van der Waals surface area contributed by atoms with Gasteiger partial charge in [-0.25, -0.2) is 4.89 Å². The Bertz CT molecular complexity index is 365. The van der Waals surface area contributed by atoms with Crippen LogP contribution in [0.25, 0.3) is 0 Å². The van der Waals surface area contributed by atoms with E-state index in [1.54, 1.807) is 0 Å². The van der Waals surface area contributed by atoms with Crippen LogP contribution in [-0.4, -0.2) is 13.4 Å². The van der Waals surface area contributed by atoms with Crippen LogP contribution in [0.15, 0.2) is 24.3 Å². The molecule has 0 aliphatic heterocycles. The van der Waals surface area contributed by atoms with Crippen LogP contribution in [0.3, 0.4) is 0 Å². The molecule has 0 saturated heterocycles. The van der Waals surface area contributed by atoms with E-state index >= 15 is 0 Å². The Morgan fingerprint density at radius 1 is 1.11 bits per heavy atom. The van der Waals surface area contributed by atoms with Crippen molar-refractivity contribution in [3.05, 3.63) is 29.8 Å². The molecule has 0 amide bonds. The van der Waals surface area contributed by atoms with E-state index in [4.69, 9.17) is 14.5 Å². The van der Waals surface area contributed by atoms with Crippen LogP contribution in [-0.2, 0) is 9.78 Å². The van der Waals surface area contributed by atoms with Crippen molar-refractivity contribution < 1.29 is 14.5 Å². The first-order valence-corrected chi connectivity index (χ1v) is 6.84. The quantitative estimate of drug-likeness (QED) is 0.430. The molecule has 0 aliphatic carbocycles. The van der Waals surface area contributed by atoms with Crippen LogP contribution in [0.4, 0.5) is 0 Å². The van der Waals surface area contributed by atoms with Gasteiger partial charge in [-0.3, -0.25) is 0 Å². The lowest BCUT2D eigenvalue weighted by Gasteiger charge is -2.29. The fourth-order valence-corrected chi connectivity index (χ4v) is 1.66. The predicted octanol–water partition coefficient (Wildman–Crippen LogP) is 4.53. The van der Waals surface area contributed by atoms with Gasteiger partial charge in [0.15, 0.2) is 0 Å². The second-order valence-electron chi connectivity index (χ2n) is 5.96. The molecule has 108 valence electrons. The molecule has 2 atom stereocenters. The molecule has 0 saturated carbocycles. The lowest BCUT2D eigenvalue weighted by atomic mass is 9.96. The monoisotopic (exact) mass is 266 g/mol. The summed E-state index contributed by atoms with van der Waals surface area (Å²) >= 11 is 0. The Kier molecular flexibility index (Phi) is 5.83. The SMILES string of the molecule is CCC(C)c1ccc(OC(OOC)C(C)(C)C)cc1. The van der Waals surface area contributed by atoms with E-state index < -0.39 is 6.29 Å². The summed E-state index contributed by atoms with van der Waals surface area (Å²) in [6.07, 6.45) is 0.699. The van der Waals surface area contributed by atoms with Crippen molar-refractivity contribution in [1.29, 1.82) is 0 Å². The second kappa shape index (κ2) is 6.92. The Balaban J connectivity index is 2.75. The first-order valence-electron chi connectivity index (χ1n) is 6.84. The summed E-state index contributed by atoms with van der Waals surface area (Å²) in [4.78, 5) is 9.94. The summed E-state index contributed by atoms with van der Waals surface area (Å²) < 4.78 is 5.84. The molecule has 1 rings (SSSR count). The topological polar surface area (TPSA) is 27.7 Å². The summed E-state index contributed by atoms with van der Waals surface area (Å²) in [7, 11) is 1.49. The third-order valence-corrected chi connectivity index (χ3v) is 3.20. The molecule has 19 heavy (non-hydrogen) atoms. The fraction of sp³-hybridized carbons (Fsp3) is 0.625. The van der Waals surface area contributed by atoms with Crippen LogP contribution in [0.1, 0.15) is 52.5 Å². The normalized spacial score (nSPS) is 15.1. The molecule has 1 aromatic carbocycles. The standard InChI is InChI=1S/C16H26O3/c1-7-12(2)13-8-10-14(11-9-13)18-15(19-17-6)16(3,4)5/h8-12,15H,7H2,1-6H3. The largest absolute Gasteiger partial charge is 0.462 e. The Morgan fingerprint density at radius 3 is 2.11 bits per heavy atom. The molecule has 0 heterocycles. The molecule has 2 unspecified atom stereocenters. The van der Waals surface area contributed by atoms with E-state index in [0.29, 0.717) is 5.92 Å². The van der Waals surface area contributed by atoms with Crippen molar-refractivity contribution in [2.45, 2.75) is 53.2 Å². The molecule has 0 bridgehead atoms. The van der Waals surface area contributed by atoms with Gasteiger partial charge in [-0.15, -0.1) is 0 Å². The van der Waals surface area contributed by atoms with E-state index in [0.717, 1.165) is 12.2 Å². The van der Waals surface area contributed by atoms with Crippen LogP contribution in [0.5, 0.6) is 5.75 Å². The van der Waals surface area contributed by atoms with Gasteiger partial charge >= 0.3 is 0 Å². The van der Waals surface area contributed by atoms with Gasteiger partial charge in [0.1, 0.15) is 5.75 Å². The Labute approximate surface area is 116 Å². The van der Waals surface area contributed by atoms with Gasteiger partial charge in [0.05, 0.1) is 7.11 Å². The van der Waals surface area contributed by atoms with Crippen LogP contribution in [0, 0.1) is 5.41 Å². The minimum Gasteiger partial charge on any atom is -0.462 e.